The Kier molecular flexibility index (Phi) is 4.63. The summed E-state index contributed by atoms with van der Waals surface area (Å²) in [4.78, 5) is 34.8. The quantitative estimate of drug-likeness (QED) is 0.807. The number of hydrogen-bond acceptors (Lipinski definition) is 3. The molecule has 1 aliphatic rings. The number of Topliss-reactive ketones (excluding diaryl/α,β-unsaturated/α-hetero) is 1. The molecular formula is C15H14F4N2O3. The highest BCUT2D eigenvalue weighted by Gasteiger charge is 2.42. The van der Waals surface area contributed by atoms with Crippen LogP contribution in [-0.4, -0.2) is 29.8 Å². The van der Waals surface area contributed by atoms with Crippen LogP contribution in [0.5, 0.6) is 0 Å². The van der Waals surface area contributed by atoms with E-state index in [0.29, 0.717) is 5.56 Å². The minimum Gasteiger partial charge on any atom is -0.338 e. The highest BCUT2D eigenvalue weighted by Crippen LogP contribution is 2.33. The average molecular weight is 346 g/mol. The Morgan fingerprint density at radius 3 is 2.46 bits per heavy atom. The maximum absolute atomic E-state index is 13.9. The van der Waals surface area contributed by atoms with E-state index in [-0.39, 0.29) is 29.7 Å². The fraction of sp³-hybridized carbons (Fsp3) is 0.400. The zero-order chi connectivity index (χ0) is 18.2. The summed E-state index contributed by atoms with van der Waals surface area (Å²) in [6.45, 7) is 2.59. The molecule has 0 saturated heterocycles. The number of hydrogen-bond donors (Lipinski definition) is 2. The van der Waals surface area contributed by atoms with Crippen molar-refractivity contribution < 1.29 is 31.9 Å². The number of fused-ring (bicyclic) bond motifs is 1. The van der Waals surface area contributed by atoms with Crippen molar-refractivity contribution in [1.82, 2.24) is 5.32 Å². The van der Waals surface area contributed by atoms with Gasteiger partial charge in [-0.15, -0.1) is 0 Å². The van der Waals surface area contributed by atoms with Gasteiger partial charge in [0.1, 0.15) is 5.82 Å². The van der Waals surface area contributed by atoms with Crippen molar-refractivity contribution in [2.45, 2.75) is 38.9 Å². The highest BCUT2D eigenvalue weighted by molar-refractivity contribution is 6.10. The first-order valence-electron chi connectivity index (χ1n) is 7.03. The smallest absolute Gasteiger partial charge is 0.338 e. The van der Waals surface area contributed by atoms with Crippen LogP contribution >= 0.6 is 0 Å². The highest BCUT2D eigenvalue weighted by atomic mass is 19.4. The van der Waals surface area contributed by atoms with Gasteiger partial charge in [0.15, 0.2) is 5.78 Å². The molecule has 9 heteroatoms. The number of alkyl halides is 3. The zero-order valence-corrected chi connectivity index (χ0v) is 12.8. The third kappa shape index (κ3) is 3.39. The lowest BCUT2D eigenvalue weighted by molar-refractivity contribution is -0.174. The second-order valence-corrected chi connectivity index (χ2v) is 5.49. The summed E-state index contributed by atoms with van der Waals surface area (Å²) in [6.07, 6.45) is -5.10. The molecule has 0 radical (unpaired) electrons. The van der Waals surface area contributed by atoms with Gasteiger partial charge in [0, 0.05) is 12.5 Å². The molecule has 1 aromatic rings. The summed E-state index contributed by atoms with van der Waals surface area (Å²) in [5.41, 5.74) is 0.327. The van der Waals surface area contributed by atoms with E-state index in [4.69, 9.17) is 0 Å². The van der Waals surface area contributed by atoms with E-state index >= 15 is 0 Å². The van der Waals surface area contributed by atoms with Crippen molar-refractivity contribution in [2.24, 2.45) is 0 Å². The fourth-order valence-electron chi connectivity index (χ4n) is 2.66. The summed E-state index contributed by atoms with van der Waals surface area (Å²) >= 11 is 0. The Balaban J connectivity index is 2.43. The van der Waals surface area contributed by atoms with Gasteiger partial charge in [0.25, 0.3) is 0 Å². The van der Waals surface area contributed by atoms with Gasteiger partial charge in [-0.05, 0) is 37.0 Å². The SMILES string of the molecule is CC(=O)Nc1cc(F)c(C)c2c1C(=O)C(NC(=O)C(F)(F)F)CC2. The van der Waals surface area contributed by atoms with Gasteiger partial charge >= 0.3 is 12.1 Å². The van der Waals surface area contributed by atoms with Crippen LogP contribution in [0.2, 0.25) is 0 Å². The molecule has 2 rings (SSSR count). The number of nitrogens with one attached hydrogen (secondary N) is 2. The first-order chi connectivity index (χ1) is 11.0. The van der Waals surface area contributed by atoms with Crippen molar-refractivity contribution in [2.75, 3.05) is 5.32 Å². The molecule has 5 nitrogen and oxygen atoms in total. The third-order valence-corrected chi connectivity index (χ3v) is 3.77. The predicted molar refractivity (Wildman–Crippen MR) is 76.1 cm³/mol. The Bertz CT molecular complexity index is 728. The first kappa shape index (κ1) is 17.9. The van der Waals surface area contributed by atoms with E-state index in [1.165, 1.54) is 6.92 Å². The Morgan fingerprint density at radius 1 is 1.29 bits per heavy atom. The number of rotatable bonds is 2. The summed E-state index contributed by atoms with van der Waals surface area (Å²) < 4.78 is 51.0. The minimum atomic E-state index is -5.11. The molecule has 0 saturated carbocycles. The molecular weight excluding hydrogens is 332 g/mol. The molecule has 1 aliphatic carbocycles. The lowest BCUT2D eigenvalue weighted by Gasteiger charge is -2.27. The molecule has 2 amide bonds. The van der Waals surface area contributed by atoms with Crippen LogP contribution in [0.4, 0.5) is 23.2 Å². The van der Waals surface area contributed by atoms with Gasteiger partial charge in [-0.2, -0.15) is 13.2 Å². The van der Waals surface area contributed by atoms with Crippen molar-refractivity contribution in [3.8, 4) is 0 Å². The largest absolute Gasteiger partial charge is 0.471 e. The molecule has 0 aromatic heterocycles. The van der Waals surface area contributed by atoms with Crippen LogP contribution < -0.4 is 10.6 Å². The fourth-order valence-corrected chi connectivity index (χ4v) is 2.66. The van der Waals surface area contributed by atoms with E-state index in [0.717, 1.165) is 13.0 Å². The normalized spacial score (nSPS) is 17.2. The number of ketones is 1. The monoisotopic (exact) mass is 346 g/mol. The van der Waals surface area contributed by atoms with Crippen molar-refractivity contribution in [3.05, 3.63) is 28.6 Å². The Labute approximate surface area is 134 Å². The molecule has 1 atom stereocenters. The average Bonchev–Trinajstić information content (AvgIpc) is 2.44. The molecule has 0 bridgehead atoms. The van der Waals surface area contributed by atoms with Gasteiger partial charge in [-0.1, -0.05) is 0 Å². The van der Waals surface area contributed by atoms with Crippen molar-refractivity contribution >= 4 is 23.3 Å². The number of halogens is 4. The molecule has 0 spiro atoms. The summed E-state index contributed by atoms with van der Waals surface area (Å²) in [5, 5.41) is 3.94. The molecule has 0 aliphatic heterocycles. The molecule has 1 unspecified atom stereocenters. The topological polar surface area (TPSA) is 75.3 Å². The van der Waals surface area contributed by atoms with Crippen molar-refractivity contribution in [3.63, 3.8) is 0 Å². The van der Waals surface area contributed by atoms with E-state index in [9.17, 15) is 31.9 Å². The summed E-state index contributed by atoms with van der Waals surface area (Å²) in [6, 6.07) is -0.439. The number of carbonyl (C=O) groups is 3. The molecule has 130 valence electrons. The van der Waals surface area contributed by atoms with E-state index < -0.39 is 35.6 Å². The Hall–Kier alpha value is -2.45. The van der Waals surface area contributed by atoms with Gasteiger partial charge in [0.2, 0.25) is 5.91 Å². The van der Waals surface area contributed by atoms with Crippen LogP contribution in [0.15, 0.2) is 6.07 Å². The third-order valence-electron chi connectivity index (χ3n) is 3.77. The zero-order valence-electron chi connectivity index (χ0n) is 12.8. The van der Waals surface area contributed by atoms with Crippen LogP contribution in [0.25, 0.3) is 0 Å². The van der Waals surface area contributed by atoms with Gasteiger partial charge in [-0.25, -0.2) is 4.39 Å². The maximum Gasteiger partial charge on any atom is 0.471 e. The predicted octanol–water partition coefficient (Wildman–Crippen LogP) is 2.27. The molecule has 24 heavy (non-hydrogen) atoms. The summed E-state index contributed by atoms with van der Waals surface area (Å²) in [7, 11) is 0. The van der Waals surface area contributed by atoms with Crippen molar-refractivity contribution in [1.29, 1.82) is 0 Å². The lowest BCUT2D eigenvalue weighted by atomic mass is 9.83. The number of benzene rings is 1. The van der Waals surface area contributed by atoms with Gasteiger partial charge in [0.05, 0.1) is 11.7 Å². The minimum absolute atomic E-state index is 0.0668. The second-order valence-electron chi connectivity index (χ2n) is 5.49. The van der Waals surface area contributed by atoms with Gasteiger partial charge in [-0.3, -0.25) is 14.4 Å². The number of anilines is 1. The molecule has 2 N–H and O–H groups in total. The molecule has 1 aromatic carbocycles. The van der Waals surface area contributed by atoms with E-state index in [1.807, 2.05) is 0 Å². The number of carbonyl (C=O) groups excluding carboxylic acids is 3. The summed E-state index contributed by atoms with van der Waals surface area (Å²) in [5.74, 6) is -4.21. The van der Waals surface area contributed by atoms with E-state index in [1.54, 1.807) is 5.32 Å². The second kappa shape index (κ2) is 6.21. The molecule has 0 fully saturated rings. The van der Waals surface area contributed by atoms with Crippen LogP contribution in [0.3, 0.4) is 0 Å². The first-order valence-corrected chi connectivity index (χ1v) is 7.03. The van der Waals surface area contributed by atoms with Crippen LogP contribution in [0.1, 0.15) is 34.8 Å². The standard InChI is InChI=1S/C15H14F4N2O3/c1-6-8-3-4-10(21-14(24)15(17,18)19)13(23)12(8)11(5-9(6)16)20-7(2)22/h5,10H,3-4H2,1-2H3,(H,20,22)(H,21,24). The maximum atomic E-state index is 13.9. The lowest BCUT2D eigenvalue weighted by Crippen LogP contribution is -2.48. The Morgan fingerprint density at radius 2 is 1.92 bits per heavy atom. The molecule has 0 heterocycles. The van der Waals surface area contributed by atoms with Gasteiger partial charge < -0.3 is 10.6 Å². The van der Waals surface area contributed by atoms with E-state index in [2.05, 4.69) is 5.32 Å². The van der Waals surface area contributed by atoms with Crippen LogP contribution in [-0.2, 0) is 16.0 Å². The number of amides is 2. The van der Waals surface area contributed by atoms with Crippen LogP contribution in [0, 0.1) is 12.7 Å².